The third kappa shape index (κ3) is 3.24. The van der Waals surface area contributed by atoms with E-state index in [-0.39, 0.29) is 33.8 Å². The minimum atomic E-state index is -0.719. The Labute approximate surface area is 185 Å². The van der Waals surface area contributed by atoms with Gasteiger partial charge >= 0.3 is 5.97 Å². The quantitative estimate of drug-likeness (QED) is 0.358. The monoisotopic (exact) mass is 444 g/mol. The summed E-state index contributed by atoms with van der Waals surface area (Å²) in [5.74, 6) is -2.00. The van der Waals surface area contributed by atoms with E-state index in [9.17, 15) is 19.2 Å². The number of nitrogens with two attached hydrogens (primary N) is 1. The molecule has 2 amide bonds. The van der Waals surface area contributed by atoms with Crippen molar-refractivity contribution in [2.75, 3.05) is 12.8 Å². The molecule has 2 aromatic carbocycles. The highest BCUT2D eigenvalue weighted by molar-refractivity contribution is 6.23. The number of nitrogen functional groups attached to an aromatic ring is 1. The molecule has 4 aromatic rings. The third-order valence-electron chi connectivity index (χ3n) is 5.33. The summed E-state index contributed by atoms with van der Waals surface area (Å²) in [7, 11) is 1.22. The van der Waals surface area contributed by atoms with Crippen molar-refractivity contribution in [2.24, 2.45) is 0 Å². The number of amides is 2. The second kappa shape index (κ2) is 7.45. The van der Waals surface area contributed by atoms with Crippen LogP contribution in [0.5, 0.6) is 0 Å². The number of nitrogens with zero attached hydrogens (tertiary/aromatic N) is 2. The van der Waals surface area contributed by atoms with Crippen LogP contribution in [-0.2, 0) is 11.2 Å². The number of nitrogens with one attached hydrogen (secondary N) is 1. The van der Waals surface area contributed by atoms with Crippen molar-refractivity contribution < 1.29 is 23.5 Å². The standard InChI is InChI=1S/C23H16N4O6/c1-32-23(31)12-8-14-19(33-16(25-14)7-11-5-3-2-4-6-11)15(9-12)27-17(28)10-13-18(20(27)24)22(30)26-21(13)29/h2-6,8-10H,7,24H2,1H3,(H,26,29,30). The van der Waals surface area contributed by atoms with Crippen molar-refractivity contribution in [2.45, 2.75) is 6.42 Å². The van der Waals surface area contributed by atoms with Gasteiger partial charge in [0.25, 0.3) is 17.4 Å². The molecule has 3 heterocycles. The number of methoxy groups -OCH3 is 1. The number of imide groups is 1. The van der Waals surface area contributed by atoms with Crippen molar-refractivity contribution in [3.8, 4) is 5.69 Å². The summed E-state index contributed by atoms with van der Waals surface area (Å²) in [6.45, 7) is 0. The predicted molar refractivity (Wildman–Crippen MR) is 116 cm³/mol. The zero-order valence-corrected chi connectivity index (χ0v) is 17.2. The van der Waals surface area contributed by atoms with Crippen LogP contribution in [0.2, 0.25) is 0 Å². The van der Waals surface area contributed by atoms with Gasteiger partial charge in [-0.1, -0.05) is 30.3 Å². The topological polar surface area (TPSA) is 147 Å². The van der Waals surface area contributed by atoms with Gasteiger partial charge in [-0.3, -0.25) is 24.3 Å². The first-order valence-corrected chi connectivity index (χ1v) is 9.84. The van der Waals surface area contributed by atoms with Gasteiger partial charge < -0.3 is 14.9 Å². The van der Waals surface area contributed by atoms with Crippen molar-refractivity contribution in [3.05, 3.63) is 87.0 Å². The molecule has 2 aromatic heterocycles. The molecule has 5 rings (SSSR count). The van der Waals surface area contributed by atoms with Gasteiger partial charge in [-0.05, 0) is 17.7 Å². The lowest BCUT2D eigenvalue weighted by molar-refractivity contribution is 0.0600. The van der Waals surface area contributed by atoms with Crippen molar-refractivity contribution in [1.82, 2.24) is 14.9 Å². The Morgan fingerprint density at radius 3 is 2.61 bits per heavy atom. The molecule has 3 N–H and O–H groups in total. The Bertz CT molecular complexity index is 1530. The van der Waals surface area contributed by atoms with E-state index < -0.39 is 23.3 Å². The van der Waals surface area contributed by atoms with Crippen molar-refractivity contribution in [3.63, 3.8) is 0 Å². The summed E-state index contributed by atoms with van der Waals surface area (Å²) in [4.78, 5) is 53.9. The first-order chi connectivity index (χ1) is 15.9. The second-order valence-electron chi connectivity index (χ2n) is 7.38. The fourth-order valence-corrected chi connectivity index (χ4v) is 3.84. The summed E-state index contributed by atoms with van der Waals surface area (Å²) in [6, 6.07) is 13.3. The molecule has 0 aliphatic carbocycles. The molecule has 1 aliphatic heterocycles. The number of carbonyl (C=O) groups excluding carboxylic acids is 3. The fraction of sp³-hybridized carbons (Fsp3) is 0.0870. The highest BCUT2D eigenvalue weighted by Gasteiger charge is 2.32. The summed E-state index contributed by atoms with van der Waals surface area (Å²) >= 11 is 0. The molecule has 0 radical (unpaired) electrons. The number of carbonyl (C=O) groups is 3. The van der Waals surface area contributed by atoms with Crippen LogP contribution in [0, 0.1) is 0 Å². The Balaban J connectivity index is 1.76. The Morgan fingerprint density at radius 2 is 1.88 bits per heavy atom. The van der Waals surface area contributed by atoms with Crippen LogP contribution in [0.4, 0.5) is 5.82 Å². The molecule has 0 atom stereocenters. The summed E-state index contributed by atoms with van der Waals surface area (Å²) in [6.07, 6.45) is 0.369. The molecule has 1 aliphatic rings. The first kappa shape index (κ1) is 20.2. The molecule has 0 unspecified atom stereocenters. The number of oxazole rings is 1. The number of fused-ring (bicyclic) bond motifs is 2. The highest BCUT2D eigenvalue weighted by atomic mass is 16.5. The molecule has 33 heavy (non-hydrogen) atoms. The number of aromatic nitrogens is 2. The number of pyridine rings is 1. The van der Waals surface area contributed by atoms with Gasteiger partial charge in [0, 0.05) is 12.5 Å². The van der Waals surface area contributed by atoms with Gasteiger partial charge in [-0.15, -0.1) is 0 Å². The maximum atomic E-state index is 13.0. The maximum absolute atomic E-state index is 13.0. The average molecular weight is 444 g/mol. The molecule has 0 spiro atoms. The minimum Gasteiger partial charge on any atom is -0.465 e. The number of esters is 1. The molecule has 10 nitrogen and oxygen atoms in total. The summed E-state index contributed by atoms with van der Waals surface area (Å²) in [5.41, 5.74) is 6.89. The molecule has 0 saturated carbocycles. The van der Waals surface area contributed by atoms with E-state index in [2.05, 4.69) is 10.3 Å². The minimum absolute atomic E-state index is 0.0946. The smallest absolute Gasteiger partial charge is 0.338 e. The Morgan fingerprint density at radius 1 is 1.12 bits per heavy atom. The van der Waals surface area contributed by atoms with Crippen LogP contribution in [0.25, 0.3) is 16.8 Å². The third-order valence-corrected chi connectivity index (χ3v) is 5.33. The van der Waals surface area contributed by atoms with Gasteiger partial charge in [-0.2, -0.15) is 0 Å². The molecule has 164 valence electrons. The number of anilines is 1. The predicted octanol–water partition coefficient (Wildman–Crippen LogP) is 1.82. The van der Waals surface area contributed by atoms with E-state index in [0.29, 0.717) is 17.8 Å². The lowest BCUT2D eigenvalue weighted by Gasteiger charge is -2.13. The van der Waals surface area contributed by atoms with Crippen LogP contribution < -0.4 is 16.6 Å². The second-order valence-corrected chi connectivity index (χ2v) is 7.38. The average Bonchev–Trinajstić information content (AvgIpc) is 3.33. The van der Waals surface area contributed by atoms with E-state index in [1.165, 1.54) is 19.2 Å². The molecule has 0 saturated heterocycles. The highest BCUT2D eigenvalue weighted by Crippen LogP contribution is 2.30. The number of benzene rings is 2. The Hall–Kier alpha value is -4.73. The number of rotatable bonds is 4. The fourth-order valence-electron chi connectivity index (χ4n) is 3.84. The van der Waals surface area contributed by atoms with Crippen LogP contribution in [0.3, 0.4) is 0 Å². The van der Waals surface area contributed by atoms with Gasteiger partial charge in [0.15, 0.2) is 11.5 Å². The molecular formula is C23H16N4O6. The number of ether oxygens (including phenoxy) is 1. The van der Waals surface area contributed by atoms with Crippen molar-refractivity contribution >= 4 is 34.7 Å². The zero-order valence-electron chi connectivity index (χ0n) is 17.2. The zero-order chi connectivity index (χ0) is 23.3. The number of hydrogen-bond acceptors (Lipinski definition) is 8. The van der Waals surface area contributed by atoms with E-state index in [1.54, 1.807) is 0 Å². The van der Waals surface area contributed by atoms with E-state index >= 15 is 0 Å². The van der Waals surface area contributed by atoms with E-state index in [4.69, 9.17) is 14.9 Å². The molecule has 0 bridgehead atoms. The normalized spacial score (nSPS) is 12.6. The van der Waals surface area contributed by atoms with E-state index in [0.717, 1.165) is 16.2 Å². The van der Waals surface area contributed by atoms with Crippen molar-refractivity contribution in [1.29, 1.82) is 0 Å². The lowest BCUT2D eigenvalue weighted by Crippen LogP contribution is -2.24. The SMILES string of the molecule is COC(=O)c1cc(-n2c(N)c3c(cc2=O)C(=O)NC3=O)c2oc(Cc3ccccc3)nc2c1. The van der Waals surface area contributed by atoms with E-state index in [1.807, 2.05) is 30.3 Å². The van der Waals surface area contributed by atoms with Gasteiger partial charge in [0.05, 0.1) is 29.5 Å². The van der Waals surface area contributed by atoms with Crippen LogP contribution in [0.1, 0.15) is 42.5 Å². The first-order valence-electron chi connectivity index (χ1n) is 9.84. The maximum Gasteiger partial charge on any atom is 0.338 e. The lowest BCUT2D eigenvalue weighted by atomic mass is 10.1. The largest absolute Gasteiger partial charge is 0.465 e. The van der Waals surface area contributed by atoms with Crippen LogP contribution in [-0.4, -0.2) is 34.4 Å². The van der Waals surface area contributed by atoms with Crippen LogP contribution in [0.15, 0.2) is 57.7 Å². The van der Waals surface area contributed by atoms with Gasteiger partial charge in [0.2, 0.25) is 0 Å². The molecular weight excluding hydrogens is 428 g/mol. The van der Waals surface area contributed by atoms with Crippen LogP contribution >= 0.6 is 0 Å². The summed E-state index contributed by atoms with van der Waals surface area (Å²) in [5, 5.41) is 2.12. The molecule has 0 fully saturated rings. The van der Waals surface area contributed by atoms with Gasteiger partial charge in [-0.25, -0.2) is 9.78 Å². The number of hydrogen-bond donors (Lipinski definition) is 2. The summed E-state index contributed by atoms with van der Waals surface area (Å²) < 4.78 is 11.8. The molecule has 10 heteroatoms. The Kier molecular flexibility index (Phi) is 4.56. The van der Waals surface area contributed by atoms with Gasteiger partial charge in [0.1, 0.15) is 11.3 Å².